The summed E-state index contributed by atoms with van der Waals surface area (Å²) >= 11 is 0. The predicted octanol–water partition coefficient (Wildman–Crippen LogP) is 2.77. The minimum Gasteiger partial charge on any atom is -0.341 e. The van der Waals surface area contributed by atoms with Crippen LogP contribution in [0.5, 0.6) is 0 Å². The van der Waals surface area contributed by atoms with E-state index >= 15 is 0 Å². The Kier molecular flexibility index (Phi) is 3.56. The standard InChI is InChI=1S/C18H26N2O/c1-4-16(21)20-13-17(2)11-19(12-18(17,3)14-20)10-15-8-6-5-7-9-15/h5-9H,4,10-14H2,1-3H3. The average molecular weight is 286 g/mol. The Bertz CT molecular complexity index is 509. The second-order valence-corrected chi connectivity index (χ2v) is 7.36. The number of nitrogens with zero attached hydrogens (tertiary/aromatic N) is 2. The molecule has 0 radical (unpaired) electrons. The van der Waals surface area contributed by atoms with Crippen molar-refractivity contribution < 1.29 is 4.79 Å². The molecule has 0 N–H and O–H groups in total. The number of fused-ring (bicyclic) bond motifs is 1. The van der Waals surface area contributed by atoms with Crippen LogP contribution in [0.1, 0.15) is 32.8 Å². The van der Waals surface area contributed by atoms with Crippen molar-refractivity contribution in [2.24, 2.45) is 10.8 Å². The molecule has 21 heavy (non-hydrogen) atoms. The summed E-state index contributed by atoms with van der Waals surface area (Å²) in [7, 11) is 0. The molecule has 2 aliphatic heterocycles. The first-order chi connectivity index (χ1) is 9.96. The van der Waals surface area contributed by atoms with E-state index in [0.29, 0.717) is 12.3 Å². The fourth-order valence-electron chi connectivity index (χ4n) is 4.16. The molecule has 1 amide bonds. The molecule has 2 fully saturated rings. The summed E-state index contributed by atoms with van der Waals surface area (Å²) in [6.45, 7) is 11.7. The topological polar surface area (TPSA) is 23.6 Å². The van der Waals surface area contributed by atoms with Crippen LogP contribution in [0.2, 0.25) is 0 Å². The molecule has 3 heteroatoms. The van der Waals surface area contributed by atoms with Crippen LogP contribution >= 0.6 is 0 Å². The first-order valence-corrected chi connectivity index (χ1v) is 8.00. The summed E-state index contributed by atoms with van der Waals surface area (Å²) in [5, 5.41) is 0. The normalized spacial score (nSPS) is 32.4. The van der Waals surface area contributed by atoms with Crippen LogP contribution in [0.25, 0.3) is 0 Å². The second-order valence-electron chi connectivity index (χ2n) is 7.36. The maximum atomic E-state index is 12.0. The van der Waals surface area contributed by atoms with Gasteiger partial charge in [0, 0.05) is 50.0 Å². The first kappa shape index (κ1) is 14.6. The lowest BCUT2D eigenvalue weighted by atomic mass is 9.71. The fourth-order valence-corrected chi connectivity index (χ4v) is 4.16. The van der Waals surface area contributed by atoms with Crippen molar-refractivity contribution in [3.63, 3.8) is 0 Å². The van der Waals surface area contributed by atoms with E-state index in [9.17, 15) is 4.79 Å². The van der Waals surface area contributed by atoms with Crippen molar-refractivity contribution in [3.8, 4) is 0 Å². The Morgan fingerprint density at radius 1 is 1.05 bits per heavy atom. The van der Waals surface area contributed by atoms with Gasteiger partial charge in [-0.15, -0.1) is 0 Å². The van der Waals surface area contributed by atoms with Gasteiger partial charge in [-0.05, 0) is 5.56 Å². The molecule has 2 atom stereocenters. The molecule has 1 aromatic carbocycles. The Hall–Kier alpha value is -1.35. The lowest BCUT2D eigenvalue weighted by Gasteiger charge is -2.30. The smallest absolute Gasteiger partial charge is 0.222 e. The molecule has 0 saturated carbocycles. The van der Waals surface area contributed by atoms with Gasteiger partial charge in [0.25, 0.3) is 0 Å². The Balaban J connectivity index is 1.71. The highest BCUT2D eigenvalue weighted by Gasteiger charge is 2.57. The monoisotopic (exact) mass is 286 g/mol. The van der Waals surface area contributed by atoms with Crippen LogP contribution < -0.4 is 0 Å². The third-order valence-corrected chi connectivity index (χ3v) is 5.59. The van der Waals surface area contributed by atoms with Gasteiger partial charge in [0.1, 0.15) is 0 Å². The second kappa shape index (κ2) is 5.13. The molecule has 0 aromatic heterocycles. The molecule has 0 aliphatic carbocycles. The number of rotatable bonds is 3. The van der Waals surface area contributed by atoms with E-state index < -0.39 is 0 Å². The lowest BCUT2D eigenvalue weighted by Crippen LogP contribution is -2.35. The maximum absolute atomic E-state index is 12.0. The fraction of sp³-hybridized carbons (Fsp3) is 0.611. The van der Waals surface area contributed by atoms with Gasteiger partial charge in [-0.1, -0.05) is 51.1 Å². The maximum Gasteiger partial charge on any atom is 0.222 e. The molecule has 114 valence electrons. The lowest BCUT2D eigenvalue weighted by molar-refractivity contribution is -0.130. The van der Waals surface area contributed by atoms with Gasteiger partial charge < -0.3 is 4.90 Å². The Morgan fingerprint density at radius 2 is 1.62 bits per heavy atom. The summed E-state index contributed by atoms with van der Waals surface area (Å²) in [5.41, 5.74) is 1.84. The van der Waals surface area contributed by atoms with E-state index in [2.05, 4.69) is 54.0 Å². The molecular formula is C18H26N2O. The Morgan fingerprint density at radius 3 is 2.14 bits per heavy atom. The number of amides is 1. The minimum atomic E-state index is 0.229. The largest absolute Gasteiger partial charge is 0.341 e. The zero-order valence-electron chi connectivity index (χ0n) is 13.4. The van der Waals surface area contributed by atoms with Gasteiger partial charge in [0.15, 0.2) is 0 Å². The van der Waals surface area contributed by atoms with Gasteiger partial charge in [-0.3, -0.25) is 9.69 Å². The van der Waals surface area contributed by atoms with Gasteiger partial charge in [0.2, 0.25) is 5.91 Å². The molecule has 2 aliphatic rings. The van der Waals surface area contributed by atoms with Crippen LogP contribution in [-0.2, 0) is 11.3 Å². The number of likely N-dealkylation sites (tertiary alicyclic amines) is 2. The van der Waals surface area contributed by atoms with Gasteiger partial charge >= 0.3 is 0 Å². The molecule has 3 rings (SSSR count). The molecule has 3 nitrogen and oxygen atoms in total. The summed E-state index contributed by atoms with van der Waals surface area (Å²) in [6.07, 6.45) is 0.625. The number of carbonyl (C=O) groups is 1. The molecule has 1 aromatic rings. The van der Waals surface area contributed by atoms with Crippen LogP contribution in [0.15, 0.2) is 30.3 Å². The van der Waals surface area contributed by atoms with E-state index in [0.717, 1.165) is 32.7 Å². The van der Waals surface area contributed by atoms with Crippen LogP contribution in [0.4, 0.5) is 0 Å². The summed E-state index contributed by atoms with van der Waals surface area (Å²) in [5.74, 6) is 0.307. The number of carbonyl (C=O) groups excluding carboxylic acids is 1. The molecular weight excluding hydrogens is 260 g/mol. The first-order valence-electron chi connectivity index (χ1n) is 8.00. The van der Waals surface area contributed by atoms with Crippen molar-refractivity contribution in [3.05, 3.63) is 35.9 Å². The third-order valence-electron chi connectivity index (χ3n) is 5.59. The van der Waals surface area contributed by atoms with Gasteiger partial charge in [0.05, 0.1) is 0 Å². The van der Waals surface area contributed by atoms with Crippen LogP contribution in [0, 0.1) is 10.8 Å². The number of hydrogen-bond acceptors (Lipinski definition) is 2. The minimum absolute atomic E-state index is 0.229. The predicted molar refractivity (Wildman–Crippen MR) is 84.8 cm³/mol. The number of hydrogen-bond donors (Lipinski definition) is 0. The van der Waals surface area contributed by atoms with E-state index in [1.165, 1.54) is 5.56 Å². The highest BCUT2D eigenvalue weighted by molar-refractivity contribution is 5.76. The van der Waals surface area contributed by atoms with E-state index in [-0.39, 0.29) is 10.8 Å². The zero-order chi connectivity index (χ0) is 15.1. The van der Waals surface area contributed by atoms with Crippen molar-refractivity contribution >= 4 is 5.91 Å². The van der Waals surface area contributed by atoms with E-state index in [1.807, 2.05) is 6.92 Å². The van der Waals surface area contributed by atoms with Crippen LogP contribution in [0.3, 0.4) is 0 Å². The van der Waals surface area contributed by atoms with E-state index in [4.69, 9.17) is 0 Å². The Labute approximate surface area is 127 Å². The molecule has 0 spiro atoms. The summed E-state index contributed by atoms with van der Waals surface area (Å²) < 4.78 is 0. The third kappa shape index (κ3) is 2.48. The molecule has 2 unspecified atom stereocenters. The highest BCUT2D eigenvalue weighted by atomic mass is 16.2. The quantitative estimate of drug-likeness (QED) is 0.853. The SMILES string of the molecule is CCC(=O)N1CC2(C)CN(Cc3ccccc3)CC2(C)C1. The van der Waals surface area contributed by atoms with Gasteiger partial charge in [-0.25, -0.2) is 0 Å². The van der Waals surface area contributed by atoms with Crippen molar-refractivity contribution in [2.75, 3.05) is 26.2 Å². The number of benzene rings is 1. The molecule has 0 bridgehead atoms. The van der Waals surface area contributed by atoms with Crippen LogP contribution in [-0.4, -0.2) is 41.9 Å². The van der Waals surface area contributed by atoms with E-state index in [1.54, 1.807) is 0 Å². The highest BCUT2D eigenvalue weighted by Crippen LogP contribution is 2.51. The zero-order valence-corrected chi connectivity index (χ0v) is 13.4. The van der Waals surface area contributed by atoms with Gasteiger partial charge in [-0.2, -0.15) is 0 Å². The van der Waals surface area contributed by atoms with Crippen molar-refractivity contribution in [2.45, 2.75) is 33.7 Å². The summed E-state index contributed by atoms with van der Waals surface area (Å²) in [4.78, 5) is 16.7. The summed E-state index contributed by atoms with van der Waals surface area (Å²) in [6, 6.07) is 10.7. The molecule has 2 saturated heterocycles. The molecule has 2 heterocycles. The van der Waals surface area contributed by atoms with Crippen molar-refractivity contribution in [1.82, 2.24) is 9.80 Å². The van der Waals surface area contributed by atoms with Crippen molar-refractivity contribution in [1.29, 1.82) is 0 Å². The average Bonchev–Trinajstić information content (AvgIpc) is 2.83.